The van der Waals surface area contributed by atoms with Crippen LogP contribution in [0.5, 0.6) is 0 Å². The summed E-state index contributed by atoms with van der Waals surface area (Å²) in [6, 6.07) is -0.613. The van der Waals surface area contributed by atoms with Gasteiger partial charge in [0.1, 0.15) is 24.5 Å². The molecule has 0 aromatic heterocycles. The molecule has 3 heterocycles. The molecule has 3 aliphatic heterocycles. The number of carbonyl (C=O) groups excluding carboxylic acids is 2. The molecular formula is C15H22IN3O4S. The fourth-order valence-electron chi connectivity index (χ4n) is 3.07. The van der Waals surface area contributed by atoms with Crippen LogP contribution in [0.3, 0.4) is 0 Å². The molecule has 0 saturated carbocycles. The van der Waals surface area contributed by atoms with Crippen molar-refractivity contribution in [2.75, 3.05) is 45.6 Å². The number of hydrogen-bond donors (Lipinski definition) is 1. The smallest absolute Gasteiger partial charge is 0.248 e. The number of carboxylic acids is 1. The minimum absolute atomic E-state index is 0. The highest BCUT2D eigenvalue weighted by Crippen LogP contribution is 2.39. The minimum atomic E-state index is -1.32. The number of quaternary nitrogens is 1. The van der Waals surface area contributed by atoms with Crippen LogP contribution in [-0.4, -0.2) is 78.3 Å². The zero-order valence-corrected chi connectivity index (χ0v) is 16.6. The summed E-state index contributed by atoms with van der Waals surface area (Å²) >= 11 is 1.49. The molecule has 24 heavy (non-hydrogen) atoms. The van der Waals surface area contributed by atoms with E-state index in [-0.39, 0.29) is 41.0 Å². The van der Waals surface area contributed by atoms with Gasteiger partial charge in [0.15, 0.2) is 0 Å². The molecule has 1 amide bonds. The molecule has 7 nitrogen and oxygen atoms in total. The van der Waals surface area contributed by atoms with Crippen molar-refractivity contribution in [3.8, 4) is 0 Å². The van der Waals surface area contributed by atoms with Gasteiger partial charge in [-0.25, -0.2) is 0 Å². The quantitative estimate of drug-likeness (QED) is 0.320. The van der Waals surface area contributed by atoms with E-state index in [9.17, 15) is 14.7 Å². The molecule has 0 radical (unpaired) electrons. The molecular weight excluding hydrogens is 445 g/mol. The van der Waals surface area contributed by atoms with Crippen molar-refractivity contribution < 1.29 is 23.9 Å². The van der Waals surface area contributed by atoms with E-state index in [0.29, 0.717) is 11.3 Å². The Morgan fingerprint density at radius 2 is 2.17 bits per heavy atom. The minimum Gasteiger partial charge on any atom is -0.543 e. The normalized spacial score (nSPS) is 29.1. The van der Waals surface area contributed by atoms with Crippen LogP contribution in [0.1, 0.15) is 0 Å². The summed E-state index contributed by atoms with van der Waals surface area (Å²) < 4.78 is 6.24. The Kier molecular flexibility index (Phi) is 6.35. The lowest BCUT2D eigenvalue weighted by Gasteiger charge is -2.49. The Morgan fingerprint density at radius 1 is 1.50 bits per heavy atom. The van der Waals surface area contributed by atoms with E-state index in [1.165, 1.54) is 16.7 Å². The maximum Gasteiger partial charge on any atom is 0.248 e. The van der Waals surface area contributed by atoms with Gasteiger partial charge in [-0.1, -0.05) is 6.08 Å². The number of carbonyl (C=O) groups is 2. The Hall–Kier alpha value is -0.620. The molecule has 0 aromatic carbocycles. The highest BCUT2D eigenvalue weighted by atomic mass is 127. The largest absolute Gasteiger partial charge is 0.543 e. The Balaban J connectivity index is 0.00000208. The predicted octanol–water partition coefficient (Wildman–Crippen LogP) is -1.12. The Bertz CT molecular complexity index is 589. The van der Waals surface area contributed by atoms with Crippen molar-refractivity contribution in [2.45, 2.75) is 11.4 Å². The number of morpholine rings is 1. The summed E-state index contributed by atoms with van der Waals surface area (Å²) in [5.41, 5.74) is 6.31. The molecule has 134 valence electrons. The molecule has 2 fully saturated rings. The summed E-state index contributed by atoms with van der Waals surface area (Å²) in [4.78, 5) is 24.6. The van der Waals surface area contributed by atoms with Gasteiger partial charge >= 0.3 is 0 Å². The highest BCUT2D eigenvalue weighted by Gasteiger charge is 2.49. The first-order chi connectivity index (χ1) is 10.9. The monoisotopic (exact) mass is 467 g/mol. The second-order valence-electron chi connectivity index (χ2n) is 6.36. The third kappa shape index (κ3) is 3.64. The molecule has 0 aliphatic carbocycles. The lowest BCUT2D eigenvalue weighted by molar-refractivity contribution is -0.911. The number of halogens is 1. The number of likely N-dealkylation sites (N-methyl/N-ethyl adjacent to an activating group) is 1. The SMILES string of the molecule is C[N+]1(CC=CC2=C(C(=O)[O-])N3C(=O)[C@@H](N)[C@H]3SC2)CCOCC1.I. The van der Waals surface area contributed by atoms with Gasteiger partial charge in [-0.2, -0.15) is 0 Å². The number of allylic oxidation sites excluding steroid dienone is 1. The summed E-state index contributed by atoms with van der Waals surface area (Å²) in [6.07, 6.45) is 3.79. The summed E-state index contributed by atoms with van der Waals surface area (Å²) in [5, 5.41) is 11.2. The van der Waals surface area contributed by atoms with Gasteiger partial charge in [-0.05, 0) is 11.6 Å². The number of ether oxygens (including phenoxy) is 1. The maximum atomic E-state index is 11.8. The fraction of sp³-hybridized carbons (Fsp3) is 0.600. The third-order valence-corrected chi connectivity index (χ3v) is 5.97. The number of nitrogens with two attached hydrogens (primary N) is 1. The number of amides is 1. The van der Waals surface area contributed by atoms with Crippen LogP contribution >= 0.6 is 35.7 Å². The molecule has 3 aliphatic rings. The average Bonchev–Trinajstić information content (AvgIpc) is 2.53. The Labute approximate surface area is 162 Å². The number of rotatable bonds is 4. The van der Waals surface area contributed by atoms with E-state index in [0.717, 1.165) is 37.3 Å². The molecule has 2 N–H and O–H groups in total. The van der Waals surface area contributed by atoms with Crippen molar-refractivity contribution >= 4 is 47.6 Å². The van der Waals surface area contributed by atoms with Crippen LogP contribution in [0.25, 0.3) is 0 Å². The first kappa shape index (κ1) is 19.7. The van der Waals surface area contributed by atoms with E-state index in [1.54, 1.807) is 0 Å². The van der Waals surface area contributed by atoms with Gasteiger partial charge in [0.2, 0.25) is 5.91 Å². The van der Waals surface area contributed by atoms with E-state index >= 15 is 0 Å². The van der Waals surface area contributed by atoms with Crippen LogP contribution in [-0.2, 0) is 14.3 Å². The first-order valence-electron chi connectivity index (χ1n) is 7.65. The average molecular weight is 467 g/mol. The topological polar surface area (TPSA) is 95.7 Å². The number of hydrogen-bond acceptors (Lipinski definition) is 6. The molecule has 0 unspecified atom stereocenters. The molecule has 0 bridgehead atoms. The van der Waals surface area contributed by atoms with Gasteiger partial charge in [-0.3, -0.25) is 9.69 Å². The lowest BCUT2D eigenvalue weighted by Crippen LogP contribution is -2.69. The van der Waals surface area contributed by atoms with E-state index in [1.807, 2.05) is 12.2 Å². The summed E-state index contributed by atoms with van der Waals surface area (Å²) in [5.74, 6) is -1.14. The van der Waals surface area contributed by atoms with Gasteiger partial charge < -0.3 is 24.9 Å². The number of β-lactam (4-membered cyclic amide) rings is 1. The molecule has 2 atom stereocenters. The second kappa shape index (κ2) is 7.73. The standard InChI is InChI=1S/C15H21N3O4S.HI/c1-18(5-7-22-8-6-18)4-2-3-10-9-23-14-11(16)13(19)17(14)12(10)15(20)21;/h2-3,11,14H,4-9,16H2,1H3;1H/t11-,14-;/m1./s1. The van der Waals surface area contributed by atoms with E-state index in [2.05, 4.69) is 7.05 Å². The highest BCUT2D eigenvalue weighted by molar-refractivity contribution is 14.0. The number of thioether (sulfide) groups is 1. The third-order valence-electron chi connectivity index (χ3n) is 4.65. The summed E-state index contributed by atoms with van der Waals surface area (Å²) in [7, 11) is 2.16. The maximum absolute atomic E-state index is 11.8. The van der Waals surface area contributed by atoms with Gasteiger partial charge in [0, 0.05) is 5.75 Å². The van der Waals surface area contributed by atoms with E-state index in [4.69, 9.17) is 10.5 Å². The zero-order chi connectivity index (χ0) is 16.6. The van der Waals surface area contributed by atoms with Crippen LogP contribution < -0.4 is 10.8 Å². The van der Waals surface area contributed by atoms with Crippen LogP contribution in [0, 0.1) is 0 Å². The number of nitrogens with zero attached hydrogens (tertiary/aromatic N) is 2. The van der Waals surface area contributed by atoms with Crippen molar-refractivity contribution in [3.63, 3.8) is 0 Å². The number of fused-ring (bicyclic) bond motifs is 1. The molecule has 9 heteroatoms. The summed E-state index contributed by atoms with van der Waals surface area (Å²) in [6.45, 7) is 4.17. The van der Waals surface area contributed by atoms with Gasteiger partial charge in [0.25, 0.3) is 0 Å². The first-order valence-corrected chi connectivity index (χ1v) is 8.70. The fourth-order valence-corrected chi connectivity index (χ4v) is 4.34. The molecule has 0 aromatic rings. The van der Waals surface area contributed by atoms with Crippen LogP contribution in [0.15, 0.2) is 23.4 Å². The predicted molar refractivity (Wildman–Crippen MR) is 99.3 cm³/mol. The van der Waals surface area contributed by atoms with Gasteiger partial charge in [0.05, 0.1) is 38.5 Å². The van der Waals surface area contributed by atoms with Crippen molar-refractivity contribution in [3.05, 3.63) is 23.4 Å². The lowest BCUT2D eigenvalue weighted by atomic mass is 10.0. The van der Waals surface area contributed by atoms with E-state index < -0.39 is 12.0 Å². The zero-order valence-electron chi connectivity index (χ0n) is 13.5. The molecule has 2 saturated heterocycles. The Morgan fingerprint density at radius 3 is 2.79 bits per heavy atom. The van der Waals surface area contributed by atoms with Gasteiger partial charge in [-0.15, -0.1) is 35.7 Å². The van der Waals surface area contributed by atoms with Crippen LogP contribution in [0.4, 0.5) is 0 Å². The molecule has 3 rings (SSSR count). The van der Waals surface area contributed by atoms with Crippen LogP contribution in [0.2, 0.25) is 0 Å². The van der Waals surface area contributed by atoms with Crippen molar-refractivity contribution in [1.29, 1.82) is 0 Å². The molecule has 0 spiro atoms. The van der Waals surface area contributed by atoms with Crippen molar-refractivity contribution in [2.24, 2.45) is 5.73 Å². The van der Waals surface area contributed by atoms with Crippen molar-refractivity contribution in [1.82, 2.24) is 4.90 Å². The number of aliphatic carboxylic acids is 1. The number of carboxylic acid groups (broad SMARTS) is 1. The second-order valence-corrected chi connectivity index (χ2v) is 7.47.